The normalized spacial score (nSPS) is 18.6. The number of allylic oxidation sites excluding steroid dienone is 1. The Morgan fingerprint density at radius 2 is 2.06 bits per heavy atom. The van der Waals surface area contributed by atoms with Gasteiger partial charge in [-0.3, -0.25) is 9.59 Å². The van der Waals surface area contributed by atoms with Crippen molar-refractivity contribution >= 4 is 11.8 Å². The molecule has 1 atom stereocenters. The van der Waals surface area contributed by atoms with E-state index in [-0.39, 0.29) is 17.7 Å². The molecule has 16 heavy (non-hydrogen) atoms. The number of carbonyl (C=O) groups excluding carboxylic acids is 2. The molecular weight excluding hydrogens is 204 g/mol. The van der Waals surface area contributed by atoms with E-state index in [9.17, 15) is 9.59 Å². The molecule has 1 unspecified atom stereocenters. The summed E-state index contributed by atoms with van der Waals surface area (Å²) >= 11 is 0. The molecule has 90 valence electrons. The molecule has 4 nitrogen and oxygen atoms in total. The summed E-state index contributed by atoms with van der Waals surface area (Å²) in [5.41, 5.74) is 5.69. The lowest BCUT2D eigenvalue weighted by Crippen LogP contribution is -2.41. The van der Waals surface area contributed by atoms with Crippen LogP contribution in [0, 0.1) is 11.3 Å². The molecule has 1 aliphatic carbocycles. The Kier molecular flexibility index (Phi) is 3.73. The molecule has 1 rings (SSSR count). The van der Waals surface area contributed by atoms with Crippen molar-refractivity contribution in [3.63, 3.8) is 0 Å². The van der Waals surface area contributed by atoms with Crippen LogP contribution in [-0.4, -0.2) is 18.4 Å². The molecule has 0 aliphatic heterocycles. The third kappa shape index (κ3) is 2.43. The van der Waals surface area contributed by atoms with Crippen LogP contribution in [0.2, 0.25) is 0 Å². The molecule has 0 bridgehead atoms. The molecule has 4 heteroatoms. The average Bonchev–Trinajstić information content (AvgIpc) is 2.94. The summed E-state index contributed by atoms with van der Waals surface area (Å²) in [5, 5.41) is 2.76. The van der Waals surface area contributed by atoms with Crippen molar-refractivity contribution in [1.82, 2.24) is 5.32 Å². The molecule has 1 saturated carbocycles. The lowest BCUT2D eigenvalue weighted by molar-refractivity contribution is -0.134. The van der Waals surface area contributed by atoms with Crippen LogP contribution in [0.1, 0.15) is 33.1 Å². The number of carbonyl (C=O) groups is 2. The Labute approximate surface area is 96.3 Å². The summed E-state index contributed by atoms with van der Waals surface area (Å²) in [6.45, 7) is 8.10. The second-order valence-electron chi connectivity index (χ2n) is 4.63. The summed E-state index contributed by atoms with van der Waals surface area (Å²) in [6, 6.07) is 0. The van der Waals surface area contributed by atoms with Crippen molar-refractivity contribution in [3.05, 3.63) is 12.2 Å². The molecule has 1 fully saturated rings. The zero-order valence-corrected chi connectivity index (χ0v) is 10.0. The largest absolute Gasteiger partial charge is 0.369 e. The fraction of sp³-hybridized carbons (Fsp3) is 0.667. The molecule has 1 aliphatic rings. The first-order chi connectivity index (χ1) is 7.44. The van der Waals surface area contributed by atoms with Crippen LogP contribution in [0.3, 0.4) is 0 Å². The van der Waals surface area contributed by atoms with Gasteiger partial charge >= 0.3 is 0 Å². The molecule has 0 heterocycles. The molecule has 3 N–H and O–H groups in total. The van der Waals surface area contributed by atoms with Crippen molar-refractivity contribution in [2.75, 3.05) is 6.54 Å². The Morgan fingerprint density at radius 1 is 1.50 bits per heavy atom. The summed E-state index contributed by atoms with van der Waals surface area (Å²) in [6.07, 6.45) is 1.98. The zero-order chi connectivity index (χ0) is 12.3. The first-order valence-electron chi connectivity index (χ1n) is 5.66. The van der Waals surface area contributed by atoms with E-state index < -0.39 is 5.41 Å². The highest BCUT2D eigenvalue weighted by Gasteiger charge is 2.56. The number of rotatable bonds is 6. The van der Waals surface area contributed by atoms with Crippen LogP contribution in [-0.2, 0) is 9.59 Å². The van der Waals surface area contributed by atoms with Crippen LogP contribution in [0.5, 0.6) is 0 Å². The van der Waals surface area contributed by atoms with Gasteiger partial charge in [-0.15, -0.1) is 6.58 Å². The average molecular weight is 224 g/mol. The second kappa shape index (κ2) is 4.68. The van der Waals surface area contributed by atoms with Gasteiger partial charge in [0.2, 0.25) is 11.8 Å². The van der Waals surface area contributed by atoms with E-state index in [2.05, 4.69) is 11.9 Å². The lowest BCUT2D eigenvalue weighted by atomic mass is 9.83. The maximum atomic E-state index is 11.9. The van der Waals surface area contributed by atoms with Crippen LogP contribution < -0.4 is 11.1 Å². The van der Waals surface area contributed by atoms with Crippen LogP contribution in [0.4, 0.5) is 0 Å². The highest BCUT2D eigenvalue weighted by atomic mass is 16.2. The standard InChI is InChI=1S/C12H20N2O2/c1-4-14-10(15)9(7-8(2)3)12(5-6-12)11(13)16/h9H,2,4-7H2,1,3H3,(H2,13,16)(H,14,15). The molecule has 0 aromatic rings. The SMILES string of the molecule is C=C(C)CC(C(=O)NCC)C1(C(N)=O)CC1. The number of nitrogens with one attached hydrogen (secondary N) is 1. The van der Waals surface area contributed by atoms with Gasteiger partial charge in [-0.1, -0.05) is 5.57 Å². The molecule has 0 aromatic heterocycles. The van der Waals surface area contributed by atoms with Crippen molar-refractivity contribution in [2.45, 2.75) is 33.1 Å². The topological polar surface area (TPSA) is 72.2 Å². The molecule has 2 amide bonds. The predicted molar refractivity (Wildman–Crippen MR) is 62.5 cm³/mol. The predicted octanol–water partition coefficient (Wildman–Crippen LogP) is 0.970. The lowest BCUT2D eigenvalue weighted by Gasteiger charge is -2.23. The van der Waals surface area contributed by atoms with E-state index in [1.54, 1.807) is 0 Å². The summed E-state index contributed by atoms with van der Waals surface area (Å²) in [4.78, 5) is 23.3. The molecule has 0 aromatic carbocycles. The van der Waals surface area contributed by atoms with E-state index in [4.69, 9.17) is 5.73 Å². The first-order valence-corrected chi connectivity index (χ1v) is 5.66. The van der Waals surface area contributed by atoms with Gasteiger partial charge in [-0.05, 0) is 33.1 Å². The molecular formula is C12H20N2O2. The fourth-order valence-electron chi connectivity index (χ4n) is 2.09. The van der Waals surface area contributed by atoms with Crippen LogP contribution >= 0.6 is 0 Å². The minimum atomic E-state index is -0.613. The van der Waals surface area contributed by atoms with Gasteiger partial charge in [0.15, 0.2) is 0 Å². The van der Waals surface area contributed by atoms with E-state index in [1.165, 1.54) is 0 Å². The summed E-state index contributed by atoms with van der Waals surface area (Å²) < 4.78 is 0. The molecule has 0 saturated heterocycles. The Balaban J connectivity index is 2.83. The van der Waals surface area contributed by atoms with Gasteiger partial charge in [0, 0.05) is 6.54 Å². The van der Waals surface area contributed by atoms with E-state index in [0.29, 0.717) is 13.0 Å². The van der Waals surface area contributed by atoms with Gasteiger partial charge in [-0.2, -0.15) is 0 Å². The fourth-order valence-corrected chi connectivity index (χ4v) is 2.09. The Bertz CT molecular complexity index is 319. The zero-order valence-electron chi connectivity index (χ0n) is 10.0. The highest BCUT2D eigenvalue weighted by molar-refractivity contribution is 5.92. The maximum absolute atomic E-state index is 11.9. The van der Waals surface area contributed by atoms with Crippen LogP contribution in [0.15, 0.2) is 12.2 Å². The van der Waals surface area contributed by atoms with Crippen LogP contribution in [0.25, 0.3) is 0 Å². The van der Waals surface area contributed by atoms with E-state index in [0.717, 1.165) is 18.4 Å². The van der Waals surface area contributed by atoms with Gasteiger partial charge in [0.25, 0.3) is 0 Å². The van der Waals surface area contributed by atoms with Crippen molar-refractivity contribution in [3.8, 4) is 0 Å². The van der Waals surface area contributed by atoms with E-state index >= 15 is 0 Å². The number of nitrogens with two attached hydrogens (primary N) is 1. The number of primary amides is 1. The Morgan fingerprint density at radius 3 is 2.38 bits per heavy atom. The van der Waals surface area contributed by atoms with Gasteiger partial charge < -0.3 is 11.1 Å². The quantitative estimate of drug-likeness (QED) is 0.660. The van der Waals surface area contributed by atoms with E-state index in [1.807, 2.05) is 13.8 Å². The van der Waals surface area contributed by atoms with Gasteiger partial charge in [-0.25, -0.2) is 0 Å². The van der Waals surface area contributed by atoms with Crippen molar-refractivity contribution in [2.24, 2.45) is 17.1 Å². The minimum Gasteiger partial charge on any atom is -0.369 e. The molecule has 0 radical (unpaired) electrons. The van der Waals surface area contributed by atoms with Gasteiger partial charge in [0.05, 0.1) is 11.3 Å². The highest BCUT2D eigenvalue weighted by Crippen LogP contribution is 2.53. The van der Waals surface area contributed by atoms with Crippen molar-refractivity contribution in [1.29, 1.82) is 0 Å². The third-order valence-corrected chi connectivity index (χ3v) is 3.17. The molecule has 0 spiro atoms. The minimum absolute atomic E-state index is 0.0817. The Hall–Kier alpha value is -1.32. The maximum Gasteiger partial charge on any atom is 0.224 e. The number of hydrogen-bond donors (Lipinski definition) is 2. The smallest absolute Gasteiger partial charge is 0.224 e. The van der Waals surface area contributed by atoms with Gasteiger partial charge in [0.1, 0.15) is 0 Å². The second-order valence-corrected chi connectivity index (χ2v) is 4.63. The first kappa shape index (κ1) is 12.7. The summed E-state index contributed by atoms with van der Waals surface area (Å²) in [7, 11) is 0. The number of amides is 2. The summed E-state index contributed by atoms with van der Waals surface area (Å²) in [5.74, 6) is -0.783. The van der Waals surface area contributed by atoms with Crippen molar-refractivity contribution < 1.29 is 9.59 Å². The monoisotopic (exact) mass is 224 g/mol. The third-order valence-electron chi connectivity index (χ3n) is 3.17. The number of hydrogen-bond acceptors (Lipinski definition) is 2.